The van der Waals surface area contributed by atoms with Gasteiger partial charge in [0, 0.05) is 5.69 Å². The molecule has 1 heterocycles. The molecule has 0 aliphatic heterocycles. The molecular weight excluding hydrogens is 367 g/mol. The number of para-hydroxylation sites is 1. The molecule has 1 aromatic heterocycles. The highest BCUT2D eigenvalue weighted by Crippen LogP contribution is 2.23. The third kappa shape index (κ3) is 3.98. The molecule has 0 spiro atoms. The van der Waals surface area contributed by atoms with Gasteiger partial charge in [0.05, 0.1) is 5.56 Å². The van der Waals surface area contributed by atoms with Gasteiger partial charge in [-0.2, -0.15) is 8.42 Å². The van der Waals surface area contributed by atoms with Crippen LogP contribution in [0.4, 0.5) is 15.2 Å². The standard InChI is InChI=1S/C15H11FN4O3S2/c16-12-9-5-4-8-11(12)13(21)17-14-18-19-15(24-14)25(22,23)20-10-6-2-1-3-7-10/h1-9,20H,(H,17,18,21). The number of rotatable bonds is 5. The van der Waals surface area contributed by atoms with E-state index in [0.717, 1.165) is 6.07 Å². The first-order valence-corrected chi connectivity index (χ1v) is 9.23. The lowest BCUT2D eigenvalue weighted by molar-refractivity contribution is 0.102. The van der Waals surface area contributed by atoms with Crippen molar-refractivity contribution in [2.45, 2.75) is 4.34 Å². The molecule has 7 nitrogen and oxygen atoms in total. The largest absolute Gasteiger partial charge is 0.296 e. The van der Waals surface area contributed by atoms with Gasteiger partial charge in [-0.3, -0.25) is 14.8 Å². The summed E-state index contributed by atoms with van der Waals surface area (Å²) in [5, 5.41) is 9.45. The highest BCUT2D eigenvalue weighted by Gasteiger charge is 2.21. The van der Waals surface area contributed by atoms with Gasteiger partial charge in [0.15, 0.2) is 0 Å². The van der Waals surface area contributed by atoms with Crippen molar-refractivity contribution in [2.75, 3.05) is 10.0 Å². The van der Waals surface area contributed by atoms with E-state index in [4.69, 9.17) is 0 Å². The molecule has 128 valence electrons. The fourth-order valence-corrected chi connectivity index (χ4v) is 3.84. The summed E-state index contributed by atoms with van der Waals surface area (Å²) in [7, 11) is -3.93. The summed E-state index contributed by atoms with van der Waals surface area (Å²) < 4.78 is 40.1. The number of carbonyl (C=O) groups is 1. The zero-order chi connectivity index (χ0) is 17.9. The van der Waals surface area contributed by atoms with Crippen LogP contribution >= 0.6 is 11.3 Å². The van der Waals surface area contributed by atoms with E-state index < -0.39 is 21.7 Å². The number of anilines is 2. The molecule has 0 saturated carbocycles. The maximum Gasteiger partial charge on any atom is 0.291 e. The first-order chi connectivity index (χ1) is 12.0. The number of benzene rings is 2. The van der Waals surface area contributed by atoms with Gasteiger partial charge in [-0.05, 0) is 24.3 Å². The molecule has 0 saturated heterocycles. The number of nitrogens with zero attached hydrogens (tertiary/aromatic N) is 2. The van der Waals surface area contributed by atoms with E-state index in [2.05, 4.69) is 20.2 Å². The highest BCUT2D eigenvalue weighted by molar-refractivity contribution is 7.94. The molecule has 25 heavy (non-hydrogen) atoms. The molecule has 3 rings (SSSR count). The van der Waals surface area contributed by atoms with Crippen molar-refractivity contribution >= 4 is 38.1 Å². The Kier molecular flexibility index (Phi) is 4.72. The van der Waals surface area contributed by atoms with Crippen LogP contribution in [0.2, 0.25) is 0 Å². The molecule has 0 fully saturated rings. The van der Waals surface area contributed by atoms with Crippen molar-refractivity contribution in [1.29, 1.82) is 0 Å². The van der Waals surface area contributed by atoms with Crippen molar-refractivity contribution in [1.82, 2.24) is 10.2 Å². The number of amides is 1. The second-order valence-corrected chi connectivity index (χ2v) is 7.61. The molecular formula is C15H11FN4O3S2. The number of aromatic nitrogens is 2. The van der Waals surface area contributed by atoms with Gasteiger partial charge in [-0.15, -0.1) is 10.2 Å². The van der Waals surface area contributed by atoms with E-state index in [1.54, 1.807) is 30.3 Å². The molecule has 10 heteroatoms. The molecule has 0 radical (unpaired) electrons. The zero-order valence-corrected chi connectivity index (χ0v) is 14.1. The average Bonchev–Trinajstić information content (AvgIpc) is 3.05. The van der Waals surface area contributed by atoms with Gasteiger partial charge >= 0.3 is 0 Å². The molecule has 0 bridgehead atoms. The minimum Gasteiger partial charge on any atom is -0.296 e. The predicted octanol–water partition coefficient (Wildman–Crippen LogP) is 2.73. The molecule has 2 N–H and O–H groups in total. The molecule has 0 aliphatic rings. The first kappa shape index (κ1) is 17.0. The Morgan fingerprint density at radius 1 is 1.00 bits per heavy atom. The van der Waals surface area contributed by atoms with Crippen LogP contribution < -0.4 is 10.0 Å². The summed E-state index contributed by atoms with van der Waals surface area (Å²) in [4.78, 5) is 12.0. The summed E-state index contributed by atoms with van der Waals surface area (Å²) in [6.07, 6.45) is 0. The van der Waals surface area contributed by atoms with Crippen LogP contribution in [0, 0.1) is 5.82 Å². The Bertz CT molecular complexity index is 1010. The summed E-state index contributed by atoms with van der Waals surface area (Å²) in [5.74, 6) is -1.43. The second-order valence-electron chi connectivity index (χ2n) is 4.78. The molecule has 0 atom stereocenters. The van der Waals surface area contributed by atoms with E-state index in [0.29, 0.717) is 17.0 Å². The topological polar surface area (TPSA) is 101 Å². The van der Waals surface area contributed by atoms with Gasteiger partial charge < -0.3 is 0 Å². The zero-order valence-electron chi connectivity index (χ0n) is 12.5. The molecule has 0 aliphatic carbocycles. The van der Waals surface area contributed by atoms with Crippen molar-refractivity contribution in [3.8, 4) is 0 Å². The van der Waals surface area contributed by atoms with E-state index >= 15 is 0 Å². The van der Waals surface area contributed by atoms with Gasteiger partial charge in [0.25, 0.3) is 20.3 Å². The van der Waals surface area contributed by atoms with E-state index in [9.17, 15) is 17.6 Å². The van der Waals surface area contributed by atoms with E-state index in [1.165, 1.54) is 18.2 Å². The Balaban J connectivity index is 1.76. The smallest absolute Gasteiger partial charge is 0.291 e. The third-order valence-electron chi connectivity index (χ3n) is 3.00. The highest BCUT2D eigenvalue weighted by atomic mass is 32.2. The van der Waals surface area contributed by atoms with Gasteiger partial charge in [0.1, 0.15) is 5.82 Å². The normalized spacial score (nSPS) is 11.1. The second kappa shape index (κ2) is 6.95. The van der Waals surface area contributed by atoms with Crippen LogP contribution in [0.25, 0.3) is 0 Å². The molecule has 3 aromatic rings. The third-order valence-corrected chi connectivity index (χ3v) is 5.59. The van der Waals surface area contributed by atoms with Crippen LogP contribution in [-0.2, 0) is 10.0 Å². The monoisotopic (exact) mass is 378 g/mol. The minimum atomic E-state index is -3.93. The average molecular weight is 378 g/mol. The Hall–Kier alpha value is -2.85. The van der Waals surface area contributed by atoms with Crippen LogP contribution in [0.5, 0.6) is 0 Å². The molecule has 1 amide bonds. The number of hydrogen-bond donors (Lipinski definition) is 2. The number of nitrogens with one attached hydrogen (secondary N) is 2. The van der Waals surface area contributed by atoms with Crippen molar-refractivity contribution in [3.63, 3.8) is 0 Å². The maximum atomic E-state index is 13.6. The van der Waals surface area contributed by atoms with Crippen molar-refractivity contribution in [3.05, 3.63) is 66.0 Å². The SMILES string of the molecule is O=C(Nc1nnc(S(=O)(=O)Nc2ccccc2)s1)c1ccccc1F. The van der Waals surface area contributed by atoms with Crippen LogP contribution in [0.1, 0.15) is 10.4 Å². The Labute approximate surface area is 146 Å². The van der Waals surface area contributed by atoms with Crippen LogP contribution in [-0.4, -0.2) is 24.5 Å². The molecule has 0 unspecified atom stereocenters. The van der Waals surface area contributed by atoms with E-state index in [1.807, 2.05) is 0 Å². The fraction of sp³-hybridized carbons (Fsp3) is 0. The molecule has 2 aromatic carbocycles. The quantitative estimate of drug-likeness (QED) is 0.665. The lowest BCUT2D eigenvalue weighted by atomic mass is 10.2. The number of hydrogen-bond acceptors (Lipinski definition) is 6. The van der Waals surface area contributed by atoms with Gasteiger partial charge in [-0.25, -0.2) is 4.39 Å². The summed E-state index contributed by atoms with van der Waals surface area (Å²) >= 11 is 0.661. The lowest BCUT2D eigenvalue weighted by Gasteiger charge is -2.04. The number of halogens is 1. The lowest BCUT2D eigenvalue weighted by Crippen LogP contribution is -2.13. The van der Waals surface area contributed by atoms with Crippen LogP contribution in [0.15, 0.2) is 58.9 Å². The van der Waals surface area contributed by atoms with Gasteiger partial charge in [0.2, 0.25) is 5.13 Å². The Morgan fingerprint density at radius 2 is 1.68 bits per heavy atom. The minimum absolute atomic E-state index is 0.0540. The number of sulfonamides is 1. The maximum absolute atomic E-state index is 13.6. The summed E-state index contributed by atoms with van der Waals surface area (Å²) in [6.45, 7) is 0. The number of carbonyl (C=O) groups excluding carboxylic acids is 1. The first-order valence-electron chi connectivity index (χ1n) is 6.93. The fourth-order valence-electron chi connectivity index (χ4n) is 1.88. The Morgan fingerprint density at radius 3 is 2.40 bits per heavy atom. The van der Waals surface area contributed by atoms with Crippen molar-refractivity contribution in [2.24, 2.45) is 0 Å². The van der Waals surface area contributed by atoms with E-state index in [-0.39, 0.29) is 15.0 Å². The van der Waals surface area contributed by atoms with Crippen molar-refractivity contribution < 1.29 is 17.6 Å². The summed E-state index contributed by atoms with van der Waals surface area (Å²) in [5.41, 5.74) is 0.194. The van der Waals surface area contributed by atoms with Gasteiger partial charge in [-0.1, -0.05) is 41.7 Å². The predicted molar refractivity (Wildman–Crippen MR) is 91.5 cm³/mol. The summed E-state index contributed by atoms with van der Waals surface area (Å²) in [6, 6.07) is 13.7. The van der Waals surface area contributed by atoms with Crippen LogP contribution in [0.3, 0.4) is 0 Å².